The molecule has 248 valence electrons. The molecule has 0 aliphatic rings. The lowest BCUT2D eigenvalue weighted by Gasteiger charge is -2.26. The Morgan fingerprint density at radius 1 is 0.321 bits per heavy atom. The van der Waals surface area contributed by atoms with Gasteiger partial charge in [0.15, 0.2) is 0 Å². The van der Waals surface area contributed by atoms with Crippen molar-refractivity contribution < 1.29 is 8.83 Å². The summed E-state index contributed by atoms with van der Waals surface area (Å²) >= 11 is 0. The molecule has 2 aromatic heterocycles. The van der Waals surface area contributed by atoms with Crippen molar-refractivity contribution in [1.29, 1.82) is 0 Å². The van der Waals surface area contributed by atoms with Gasteiger partial charge in [0, 0.05) is 49.6 Å². The van der Waals surface area contributed by atoms with Gasteiger partial charge in [-0.1, -0.05) is 133 Å². The normalized spacial score (nSPS) is 11.8. The highest BCUT2D eigenvalue weighted by Gasteiger charge is 2.19. The molecule has 0 saturated carbocycles. The van der Waals surface area contributed by atoms with Crippen LogP contribution in [0.4, 0.5) is 17.1 Å². The van der Waals surface area contributed by atoms with Crippen molar-refractivity contribution in [3.63, 3.8) is 0 Å². The summed E-state index contributed by atoms with van der Waals surface area (Å²) in [6.07, 6.45) is 0. The van der Waals surface area contributed by atoms with Gasteiger partial charge in [0.25, 0.3) is 0 Å². The Hall–Kier alpha value is -7.10. The van der Waals surface area contributed by atoms with Crippen molar-refractivity contribution in [2.75, 3.05) is 4.90 Å². The summed E-state index contributed by atoms with van der Waals surface area (Å²) in [7, 11) is 0. The van der Waals surface area contributed by atoms with Crippen molar-refractivity contribution >= 4 is 82.5 Å². The van der Waals surface area contributed by atoms with E-state index in [1.807, 2.05) is 12.1 Å². The van der Waals surface area contributed by atoms with Crippen molar-refractivity contribution in [3.8, 4) is 22.3 Å². The third-order valence-electron chi connectivity index (χ3n) is 10.6. The molecule has 0 N–H and O–H groups in total. The Bertz CT molecular complexity index is 3170. The van der Waals surface area contributed by atoms with Crippen LogP contribution in [0.3, 0.4) is 0 Å². The highest BCUT2D eigenvalue weighted by atomic mass is 16.3. The van der Waals surface area contributed by atoms with Gasteiger partial charge in [-0.15, -0.1) is 0 Å². The van der Waals surface area contributed by atoms with Crippen molar-refractivity contribution in [2.45, 2.75) is 0 Å². The molecule has 0 amide bonds. The zero-order valence-corrected chi connectivity index (χ0v) is 28.7. The Morgan fingerprint density at radius 3 is 1.89 bits per heavy atom. The van der Waals surface area contributed by atoms with Crippen LogP contribution in [0.25, 0.3) is 87.7 Å². The lowest BCUT2D eigenvalue weighted by molar-refractivity contribution is 0.669. The molecule has 3 nitrogen and oxygen atoms in total. The summed E-state index contributed by atoms with van der Waals surface area (Å²) < 4.78 is 13.1. The van der Waals surface area contributed by atoms with Crippen molar-refractivity contribution in [1.82, 2.24) is 0 Å². The fourth-order valence-corrected chi connectivity index (χ4v) is 8.12. The number of fused-ring (bicyclic) bond motifs is 10. The summed E-state index contributed by atoms with van der Waals surface area (Å²) in [6, 6.07) is 66.7. The molecule has 11 rings (SSSR count). The minimum atomic E-state index is 0.878. The number of nitrogens with zero attached hydrogens (tertiary/aromatic N) is 1. The fourth-order valence-electron chi connectivity index (χ4n) is 8.12. The molecule has 0 fully saturated rings. The zero-order chi connectivity index (χ0) is 34.9. The third kappa shape index (κ3) is 4.75. The van der Waals surface area contributed by atoms with Gasteiger partial charge in [0.1, 0.15) is 22.3 Å². The van der Waals surface area contributed by atoms with Gasteiger partial charge in [0.2, 0.25) is 0 Å². The molecule has 53 heavy (non-hydrogen) atoms. The average molecular weight is 678 g/mol. The van der Waals surface area contributed by atoms with E-state index in [9.17, 15) is 0 Å². The molecule has 0 aliphatic carbocycles. The van der Waals surface area contributed by atoms with Crippen LogP contribution in [-0.2, 0) is 0 Å². The Morgan fingerprint density at radius 2 is 0.981 bits per heavy atom. The van der Waals surface area contributed by atoms with Crippen LogP contribution in [0.1, 0.15) is 0 Å². The van der Waals surface area contributed by atoms with Crippen LogP contribution < -0.4 is 4.90 Å². The van der Waals surface area contributed by atoms with Gasteiger partial charge in [-0.3, -0.25) is 0 Å². The molecule has 0 saturated heterocycles. The van der Waals surface area contributed by atoms with Crippen LogP contribution in [-0.4, -0.2) is 0 Å². The molecule has 11 aromatic rings. The standard InChI is InChI=1S/C50H31NO2/c1-2-10-32(11-3-1)36-13-8-14-38(30-36)51(39-27-29-47-45(31-39)42-16-6-7-19-46(42)52-47)37-25-22-34(23-26-37)41-17-9-18-43-44-28-24-35-21-20-33-12-4-5-15-40(33)48(35)50(44)53-49(41)43/h1-31H. The Labute approximate surface area is 305 Å². The summed E-state index contributed by atoms with van der Waals surface area (Å²) in [5.74, 6) is 0. The maximum absolute atomic E-state index is 6.88. The van der Waals surface area contributed by atoms with E-state index in [1.165, 1.54) is 21.7 Å². The predicted molar refractivity (Wildman–Crippen MR) is 222 cm³/mol. The molecule has 2 heterocycles. The van der Waals surface area contributed by atoms with Gasteiger partial charge in [0.05, 0.1) is 0 Å². The van der Waals surface area contributed by atoms with E-state index in [2.05, 4.69) is 181 Å². The van der Waals surface area contributed by atoms with Crippen LogP contribution in [0.5, 0.6) is 0 Å². The van der Waals surface area contributed by atoms with Crippen LogP contribution in [0.2, 0.25) is 0 Å². The molecule has 9 aromatic carbocycles. The maximum atomic E-state index is 6.88. The molecular weight excluding hydrogens is 647 g/mol. The monoisotopic (exact) mass is 677 g/mol. The van der Waals surface area contributed by atoms with E-state index in [1.54, 1.807) is 0 Å². The quantitative estimate of drug-likeness (QED) is 0.170. The minimum Gasteiger partial charge on any atom is -0.456 e. The van der Waals surface area contributed by atoms with E-state index in [-0.39, 0.29) is 0 Å². The topological polar surface area (TPSA) is 29.5 Å². The van der Waals surface area contributed by atoms with Gasteiger partial charge in [-0.05, 0) is 87.4 Å². The molecule has 0 aliphatic heterocycles. The fraction of sp³-hybridized carbons (Fsp3) is 0. The van der Waals surface area contributed by atoms with Crippen molar-refractivity contribution in [2.24, 2.45) is 0 Å². The minimum absolute atomic E-state index is 0.878. The van der Waals surface area contributed by atoms with Crippen LogP contribution in [0, 0.1) is 0 Å². The first-order valence-corrected chi connectivity index (χ1v) is 18.0. The number of hydrogen-bond donors (Lipinski definition) is 0. The lowest BCUT2D eigenvalue weighted by atomic mass is 9.98. The van der Waals surface area contributed by atoms with Gasteiger partial charge < -0.3 is 13.7 Å². The number of anilines is 3. The predicted octanol–water partition coefficient (Wildman–Crippen LogP) is 14.6. The number of benzene rings is 9. The summed E-state index contributed by atoms with van der Waals surface area (Å²) in [5.41, 5.74) is 11.3. The largest absolute Gasteiger partial charge is 0.456 e. The highest BCUT2D eigenvalue weighted by molar-refractivity contribution is 6.24. The van der Waals surface area contributed by atoms with Gasteiger partial charge in [-0.2, -0.15) is 0 Å². The second-order valence-corrected chi connectivity index (χ2v) is 13.7. The van der Waals surface area contributed by atoms with E-state index in [4.69, 9.17) is 8.83 Å². The number of furan rings is 2. The second kappa shape index (κ2) is 11.7. The Kier molecular flexibility index (Phi) is 6.55. The molecule has 3 heteroatoms. The highest BCUT2D eigenvalue weighted by Crippen LogP contribution is 2.43. The van der Waals surface area contributed by atoms with Crippen molar-refractivity contribution in [3.05, 3.63) is 188 Å². The summed E-state index contributed by atoms with van der Waals surface area (Å²) in [4.78, 5) is 2.33. The zero-order valence-electron chi connectivity index (χ0n) is 28.7. The average Bonchev–Trinajstić information content (AvgIpc) is 3.80. The van der Waals surface area contributed by atoms with E-state index in [0.29, 0.717) is 0 Å². The maximum Gasteiger partial charge on any atom is 0.143 e. The molecular formula is C50H31NO2. The van der Waals surface area contributed by atoms with E-state index in [0.717, 1.165) is 83.0 Å². The number of rotatable bonds is 5. The number of hydrogen-bond acceptors (Lipinski definition) is 3. The van der Waals surface area contributed by atoms with E-state index >= 15 is 0 Å². The third-order valence-corrected chi connectivity index (χ3v) is 10.6. The second-order valence-electron chi connectivity index (χ2n) is 13.7. The van der Waals surface area contributed by atoms with Gasteiger partial charge >= 0.3 is 0 Å². The summed E-state index contributed by atoms with van der Waals surface area (Å²) in [6.45, 7) is 0. The number of para-hydroxylation sites is 2. The first-order chi connectivity index (χ1) is 26.3. The smallest absolute Gasteiger partial charge is 0.143 e. The van der Waals surface area contributed by atoms with Gasteiger partial charge in [-0.25, -0.2) is 0 Å². The molecule has 0 bridgehead atoms. The first-order valence-electron chi connectivity index (χ1n) is 18.0. The SMILES string of the molecule is c1ccc(-c2cccc(N(c3ccc(-c4cccc5c4oc4c5ccc5ccc6ccccc6c54)cc3)c3ccc4oc5ccccc5c4c3)c2)cc1. The molecule has 0 radical (unpaired) electrons. The first kappa shape index (κ1) is 29.6. The van der Waals surface area contributed by atoms with E-state index < -0.39 is 0 Å². The summed E-state index contributed by atoms with van der Waals surface area (Å²) in [5, 5.41) is 9.22. The Balaban J connectivity index is 1.07. The molecule has 0 atom stereocenters. The van der Waals surface area contributed by atoms with Crippen LogP contribution in [0.15, 0.2) is 197 Å². The lowest BCUT2D eigenvalue weighted by Crippen LogP contribution is -2.10. The molecule has 0 unspecified atom stereocenters. The van der Waals surface area contributed by atoms with Crippen LogP contribution >= 0.6 is 0 Å². The molecule has 0 spiro atoms.